The lowest BCUT2D eigenvalue weighted by Crippen LogP contribution is -2.26. The second-order valence-electron chi connectivity index (χ2n) is 4.18. The van der Waals surface area contributed by atoms with Crippen LogP contribution in [0.1, 0.15) is 18.7 Å². The molecule has 0 aliphatic carbocycles. The Bertz CT molecular complexity index is 527. The molecule has 5 heteroatoms. The number of hydrogen-bond acceptors (Lipinski definition) is 3. The highest BCUT2D eigenvalue weighted by atomic mass is 35.5. The van der Waals surface area contributed by atoms with Crippen molar-refractivity contribution in [3.63, 3.8) is 0 Å². The fourth-order valence-electron chi connectivity index (χ4n) is 1.96. The number of rotatable bonds is 6. The van der Waals surface area contributed by atoms with E-state index in [1.165, 1.54) is 0 Å². The summed E-state index contributed by atoms with van der Waals surface area (Å²) in [6.45, 7) is 3.45. The Kier molecular flexibility index (Phi) is 4.82. The number of hydrogen-bond donors (Lipinski definition) is 1. The van der Waals surface area contributed by atoms with Crippen LogP contribution in [0.5, 0.6) is 5.75 Å². The first kappa shape index (κ1) is 13.9. The van der Waals surface area contributed by atoms with Gasteiger partial charge in [0.1, 0.15) is 12.4 Å². The molecule has 0 fully saturated rings. The molecule has 0 aliphatic heterocycles. The van der Waals surface area contributed by atoms with Gasteiger partial charge in [-0.25, -0.2) is 0 Å². The number of nitrogens with zero attached hydrogens (tertiary/aromatic N) is 2. The van der Waals surface area contributed by atoms with E-state index < -0.39 is 0 Å². The molecule has 0 amide bonds. The summed E-state index contributed by atoms with van der Waals surface area (Å²) in [6.07, 6.45) is 1.81. The van der Waals surface area contributed by atoms with E-state index in [0.717, 1.165) is 18.0 Å². The molecular formula is C14H18ClN3O. The van der Waals surface area contributed by atoms with Crippen LogP contribution in [0.3, 0.4) is 0 Å². The summed E-state index contributed by atoms with van der Waals surface area (Å²) in [4.78, 5) is 0. The second-order valence-corrected chi connectivity index (χ2v) is 4.62. The van der Waals surface area contributed by atoms with Crippen LogP contribution in [0.25, 0.3) is 0 Å². The standard InChI is InChI=1S/C14H18ClN3O/c1-3-18-14(7-8-17-18)13(16-2)10-19-12-6-4-5-11(15)9-12/h4-9,13,16H,3,10H2,1-2H3. The highest BCUT2D eigenvalue weighted by Crippen LogP contribution is 2.19. The molecule has 19 heavy (non-hydrogen) atoms. The molecule has 0 aliphatic rings. The minimum absolute atomic E-state index is 0.0985. The summed E-state index contributed by atoms with van der Waals surface area (Å²) >= 11 is 5.93. The summed E-state index contributed by atoms with van der Waals surface area (Å²) in [5, 5.41) is 8.20. The van der Waals surface area contributed by atoms with E-state index in [1.54, 1.807) is 0 Å². The van der Waals surface area contributed by atoms with Crippen molar-refractivity contribution >= 4 is 11.6 Å². The molecule has 4 nitrogen and oxygen atoms in total. The summed E-state index contributed by atoms with van der Waals surface area (Å²) in [5.74, 6) is 0.773. The highest BCUT2D eigenvalue weighted by Gasteiger charge is 2.14. The van der Waals surface area contributed by atoms with E-state index in [1.807, 2.05) is 48.3 Å². The Hall–Kier alpha value is -1.52. The van der Waals surface area contributed by atoms with Crippen LogP contribution in [0.2, 0.25) is 5.02 Å². The van der Waals surface area contributed by atoms with Crippen molar-refractivity contribution in [2.75, 3.05) is 13.7 Å². The Morgan fingerprint density at radius 2 is 2.26 bits per heavy atom. The van der Waals surface area contributed by atoms with Gasteiger partial charge in [0.05, 0.1) is 11.7 Å². The molecule has 1 aromatic carbocycles. The smallest absolute Gasteiger partial charge is 0.120 e. The summed E-state index contributed by atoms with van der Waals surface area (Å²) in [5.41, 5.74) is 1.12. The third-order valence-electron chi connectivity index (χ3n) is 2.97. The van der Waals surface area contributed by atoms with Gasteiger partial charge in [-0.05, 0) is 38.2 Å². The van der Waals surface area contributed by atoms with E-state index >= 15 is 0 Å². The monoisotopic (exact) mass is 279 g/mol. The molecule has 1 atom stereocenters. The Labute approximate surface area is 118 Å². The van der Waals surface area contributed by atoms with Crippen LogP contribution in [0.4, 0.5) is 0 Å². The first-order valence-electron chi connectivity index (χ1n) is 6.32. The average molecular weight is 280 g/mol. The molecule has 1 aromatic heterocycles. The Morgan fingerprint density at radius 3 is 2.95 bits per heavy atom. The van der Waals surface area contributed by atoms with E-state index in [2.05, 4.69) is 17.3 Å². The molecule has 2 aromatic rings. The number of ether oxygens (including phenoxy) is 1. The van der Waals surface area contributed by atoms with Gasteiger partial charge in [-0.3, -0.25) is 4.68 Å². The fourth-order valence-corrected chi connectivity index (χ4v) is 2.14. The van der Waals surface area contributed by atoms with Crippen molar-refractivity contribution in [1.82, 2.24) is 15.1 Å². The molecule has 0 bridgehead atoms. The van der Waals surface area contributed by atoms with Crippen LogP contribution in [0.15, 0.2) is 36.5 Å². The van der Waals surface area contributed by atoms with Gasteiger partial charge < -0.3 is 10.1 Å². The molecular weight excluding hydrogens is 262 g/mol. The van der Waals surface area contributed by atoms with Gasteiger partial charge in [0.2, 0.25) is 0 Å². The lowest BCUT2D eigenvalue weighted by atomic mass is 10.2. The number of aryl methyl sites for hydroxylation is 1. The first-order chi connectivity index (χ1) is 9.24. The molecule has 0 spiro atoms. The molecule has 2 rings (SSSR count). The molecule has 1 unspecified atom stereocenters. The zero-order chi connectivity index (χ0) is 13.7. The minimum Gasteiger partial charge on any atom is -0.491 e. The number of benzene rings is 1. The predicted molar refractivity (Wildman–Crippen MR) is 76.6 cm³/mol. The first-order valence-corrected chi connectivity index (χ1v) is 6.69. The molecule has 0 radical (unpaired) electrons. The van der Waals surface area contributed by atoms with Crippen molar-refractivity contribution in [3.8, 4) is 5.75 Å². The van der Waals surface area contributed by atoms with E-state index in [9.17, 15) is 0 Å². The maximum absolute atomic E-state index is 5.93. The van der Waals surface area contributed by atoms with Gasteiger partial charge in [0.25, 0.3) is 0 Å². The van der Waals surface area contributed by atoms with Crippen LogP contribution in [-0.4, -0.2) is 23.4 Å². The SMILES string of the molecule is CCn1nccc1C(COc1cccc(Cl)c1)NC. The van der Waals surface area contributed by atoms with E-state index in [-0.39, 0.29) is 6.04 Å². The maximum Gasteiger partial charge on any atom is 0.120 e. The lowest BCUT2D eigenvalue weighted by Gasteiger charge is -2.18. The lowest BCUT2D eigenvalue weighted by molar-refractivity contribution is 0.266. The number of likely N-dealkylation sites (N-methyl/N-ethyl adjacent to an activating group) is 1. The largest absolute Gasteiger partial charge is 0.491 e. The zero-order valence-corrected chi connectivity index (χ0v) is 11.9. The average Bonchev–Trinajstić information content (AvgIpc) is 2.88. The van der Waals surface area contributed by atoms with Gasteiger partial charge in [-0.15, -0.1) is 0 Å². The van der Waals surface area contributed by atoms with Gasteiger partial charge >= 0.3 is 0 Å². The van der Waals surface area contributed by atoms with Crippen molar-refractivity contribution < 1.29 is 4.74 Å². The predicted octanol–water partition coefficient (Wildman–Crippen LogP) is 2.90. The molecule has 0 saturated carbocycles. The molecule has 0 saturated heterocycles. The Morgan fingerprint density at radius 1 is 1.42 bits per heavy atom. The highest BCUT2D eigenvalue weighted by molar-refractivity contribution is 6.30. The van der Waals surface area contributed by atoms with Crippen LogP contribution in [0, 0.1) is 0 Å². The number of nitrogens with one attached hydrogen (secondary N) is 1. The van der Waals surface area contributed by atoms with Gasteiger partial charge in [0, 0.05) is 17.8 Å². The normalized spacial score (nSPS) is 12.4. The summed E-state index contributed by atoms with van der Waals surface area (Å²) in [7, 11) is 1.92. The zero-order valence-electron chi connectivity index (χ0n) is 11.1. The summed E-state index contributed by atoms with van der Waals surface area (Å²) < 4.78 is 7.74. The van der Waals surface area contributed by atoms with Crippen molar-refractivity contribution in [2.24, 2.45) is 0 Å². The molecule has 1 N–H and O–H groups in total. The van der Waals surface area contributed by atoms with Crippen molar-refractivity contribution in [1.29, 1.82) is 0 Å². The summed E-state index contributed by atoms with van der Waals surface area (Å²) in [6, 6.07) is 9.52. The molecule has 1 heterocycles. The third-order valence-corrected chi connectivity index (χ3v) is 3.20. The van der Waals surface area contributed by atoms with Crippen molar-refractivity contribution in [2.45, 2.75) is 19.5 Å². The molecule has 102 valence electrons. The third kappa shape index (κ3) is 3.49. The fraction of sp³-hybridized carbons (Fsp3) is 0.357. The topological polar surface area (TPSA) is 39.1 Å². The van der Waals surface area contributed by atoms with Gasteiger partial charge in [-0.1, -0.05) is 17.7 Å². The quantitative estimate of drug-likeness (QED) is 0.884. The van der Waals surface area contributed by atoms with Crippen LogP contribution < -0.4 is 10.1 Å². The van der Waals surface area contributed by atoms with Gasteiger partial charge in [-0.2, -0.15) is 5.10 Å². The second kappa shape index (κ2) is 6.59. The Balaban J connectivity index is 2.04. The van der Waals surface area contributed by atoms with Crippen LogP contribution >= 0.6 is 11.6 Å². The van der Waals surface area contributed by atoms with E-state index in [4.69, 9.17) is 16.3 Å². The van der Waals surface area contributed by atoms with Crippen molar-refractivity contribution in [3.05, 3.63) is 47.2 Å². The minimum atomic E-state index is 0.0985. The number of aromatic nitrogens is 2. The number of halogens is 1. The van der Waals surface area contributed by atoms with E-state index in [0.29, 0.717) is 11.6 Å². The van der Waals surface area contributed by atoms with Crippen LogP contribution in [-0.2, 0) is 6.54 Å². The maximum atomic E-state index is 5.93. The van der Waals surface area contributed by atoms with Gasteiger partial charge in [0.15, 0.2) is 0 Å².